The predicted octanol–water partition coefficient (Wildman–Crippen LogP) is 4.53. The maximum Gasteiger partial charge on any atom is 0.407 e. The van der Waals surface area contributed by atoms with Crippen molar-refractivity contribution < 1.29 is 52.3 Å². The van der Waals surface area contributed by atoms with Crippen molar-refractivity contribution in [2.75, 3.05) is 27.1 Å². The Balaban J connectivity index is 1.16. The summed E-state index contributed by atoms with van der Waals surface area (Å²) in [5, 5.41) is 8.81. The number of hydrogen-bond donors (Lipinski definition) is 3. The minimum absolute atomic E-state index is 0.00949. The molecular formula is C35H44ClN3O11. The maximum atomic E-state index is 13.0. The van der Waals surface area contributed by atoms with Gasteiger partial charge in [-0.1, -0.05) is 35.9 Å². The first-order chi connectivity index (χ1) is 24.1. The lowest BCUT2D eigenvalue weighted by Crippen LogP contribution is -2.53. The number of carbonyl (C=O) groups excluding carboxylic acids is 4. The van der Waals surface area contributed by atoms with E-state index in [1.165, 1.54) is 7.11 Å². The molecule has 0 unspecified atom stereocenters. The van der Waals surface area contributed by atoms with Crippen LogP contribution >= 0.6 is 11.6 Å². The molecule has 3 amide bonds. The molecule has 15 heteroatoms. The molecule has 3 N–H and O–H groups in total. The number of amides is 3. The number of hydrogen-bond acceptors (Lipinski definition) is 11. The first-order valence-corrected chi connectivity index (χ1v) is 17.2. The lowest BCUT2D eigenvalue weighted by Gasteiger charge is -2.47. The molecule has 0 aromatic heterocycles. The fraction of sp³-hybridized carbons (Fsp3) is 0.543. The molecule has 5 atom stereocenters. The van der Waals surface area contributed by atoms with Crippen LogP contribution in [0.15, 0.2) is 42.5 Å². The van der Waals surface area contributed by atoms with E-state index in [2.05, 4.69) is 20.7 Å². The van der Waals surface area contributed by atoms with Crippen LogP contribution in [0.25, 0.3) is 0 Å². The summed E-state index contributed by atoms with van der Waals surface area (Å²) >= 11 is 5.94. The van der Waals surface area contributed by atoms with Crippen LogP contribution in [0.4, 0.5) is 9.59 Å². The first-order valence-electron chi connectivity index (χ1n) is 16.8. The van der Waals surface area contributed by atoms with Gasteiger partial charge in [0, 0.05) is 49.4 Å². The molecule has 3 aliphatic heterocycles. The molecule has 0 aliphatic carbocycles. The van der Waals surface area contributed by atoms with Crippen LogP contribution in [-0.2, 0) is 46.2 Å². The zero-order valence-corrected chi connectivity index (χ0v) is 29.0. The number of alkyl carbamates (subject to hydrolysis) is 2. The average Bonchev–Trinajstić information content (AvgIpc) is 3.59. The molecule has 3 heterocycles. The molecule has 14 nitrogen and oxygen atoms in total. The number of para-hydroxylation sites is 1. The molecule has 2 fully saturated rings. The number of fused-ring (bicyclic) bond motifs is 1. The quantitative estimate of drug-likeness (QED) is 0.197. The van der Waals surface area contributed by atoms with Crippen molar-refractivity contribution >= 4 is 35.7 Å². The summed E-state index contributed by atoms with van der Waals surface area (Å²) in [5.41, 5.74) is 1.78. The number of halogens is 1. The van der Waals surface area contributed by atoms with Gasteiger partial charge in [-0.05, 0) is 56.4 Å². The van der Waals surface area contributed by atoms with Gasteiger partial charge < -0.3 is 49.1 Å². The number of carbonyl (C=O) groups is 4. The van der Waals surface area contributed by atoms with E-state index in [0.29, 0.717) is 48.7 Å². The number of ether oxygens (including phenoxy) is 7. The van der Waals surface area contributed by atoms with Crippen molar-refractivity contribution in [3.05, 3.63) is 58.6 Å². The van der Waals surface area contributed by atoms with Crippen LogP contribution in [0.3, 0.4) is 0 Å². The highest BCUT2D eigenvalue weighted by atomic mass is 35.5. The summed E-state index contributed by atoms with van der Waals surface area (Å²) in [5.74, 6) is -0.825. The fourth-order valence-electron chi connectivity index (χ4n) is 6.28. The third-order valence-corrected chi connectivity index (χ3v) is 8.96. The topological polar surface area (TPSA) is 169 Å². The summed E-state index contributed by atoms with van der Waals surface area (Å²) in [6.45, 7) is 2.22. The Morgan fingerprint density at radius 1 is 1.02 bits per heavy atom. The highest BCUT2D eigenvalue weighted by Gasteiger charge is 2.47. The van der Waals surface area contributed by atoms with Crippen molar-refractivity contribution in [1.82, 2.24) is 16.0 Å². The van der Waals surface area contributed by atoms with E-state index in [9.17, 15) is 19.2 Å². The molecule has 0 radical (unpaired) electrons. The van der Waals surface area contributed by atoms with E-state index < -0.39 is 48.3 Å². The van der Waals surface area contributed by atoms with Gasteiger partial charge in [-0.15, -0.1) is 0 Å². The van der Waals surface area contributed by atoms with Crippen molar-refractivity contribution in [3.63, 3.8) is 0 Å². The van der Waals surface area contributed by atoms with Gasteiger partial charge in [0.05, 0.1) is 19.3 Å². The van der Waals surface area contributed by atoms with Crippen LogP contribution in [0.5, 0.6) is 11.5 Å². The Hall–Kier alpha value is -4.27. The number of nitrogens with one attached hydrogen (secondary N) is 3. The second-order valence-electron chi connectivity index (χ2n) is 12.5. The minimum Gasteiger partial charge on any atom is -0.467 e. The van der Waals surface area contributed by atoms with Crippen LogP contribution in [-0.4, -0.2) is 81.3 Å². The zero-order chi connectivity index (χ0) is 35.5. The third kappa shape index (κ3) is 10.6. The average molecular weight is 718 g/mol. The van der Waals surface area contributed by atoms with Crippen LogP contribution in [0, 0.1) is 0 Å². The van der Waals surface area contributed by atoms with Crippen LogP contribution in [0.2, 0.25) is 5.02 Å². The monoisotopic (exact) mass is 717 g/mol. The van der Waals surface area contributed by atoms with Gasteiger partial charge in [0.2, 0.25) is 12.7 Å². The Morgan fingerprint density at radius 3 is 2.62 bits per heavy atom. The third-order valence-electron chi connectivity index (χ3n) is 8.71. The summed E-state index contributed by atoms with van der Waals surface area (Å²) < 4.78 is 39.9. The highest BCUT2D eigenvalue weighted by Crippen LogP contribution is 2.41. The summed E-state index contributed by atoms with van der Waals surface area (Å²) in [6, 6.07) is 12.0. The molecule has 272 valence electrons. The van der Waals surface area contributed by atoms with E-state index >= 15 is 0 Å². The maximum absolute atomic E-state index is 13.0. The molecule has 0 bridgehead atoms. The van der Waals surface area contributed by atoms with E-state index in [1.807, 2.05) is 24.3 Å². The lowest BCUT2D eigenvalue weighted by atomic mass is 9.90. The number of esters is 1. The number of methoxy groups -OCH3 is 1. The van der Waals surface area contributed by atoms with Crippen molar-refractivity contribution in [1.29, 1.82) is 0 Å². The molecule has 50 heavy (non-hydrogen) atoms. The first kappa shape index (κ1) is 37.0. The summed E-state index contributed by atoms with van der Waals surface area (Å²) in [7, 11) is 1.25. The van der Waals surface area contributed by atoms with Crippen LogP contribution < -0.4 is 25.4 Å². The Labute approximate surface area is 295 Å². The standard InChI is InChI=1S/C35H44ClN3O11/c1-22(32(41)44-2)39-30(40)13-12-26-17-28(48-34(43)38-19-24-5-3-7-29-31(24)47-21-46-29)18-35(49-26)15-4-6-27(50-35)20-45-33(42)37-16-14-23-8-10-25(36)11-9-23/h3,5,7-11,22,26-28H,4,6,12-21H2,1-2H3,(H,37,42)(H,38,43)(H,39,40)/t22-,26+,27+,28+,35-/m0/s1. The molecular weight excluding hydrogens is 674 g/mol. The molecule has 2 aromatic rings. The van der Waals surface area contributed by atoms with E-state index in [4.69, 9.17) is 40.0 Å². The zero-order valence-electron chi connectivity index (χ0n) is 28.2. The molecule has 3 aliphatic rings. The van der Waals surface area contributed by atoms with Gasteiger partial charge in [-0.3, -0.25) is 4.79 Å². The van der Waals surface area contributed by atoms with E-state index in [1.54, 1.807) is 25.1 Å². The van der Waals surface area contributed by atoms with E-state index in [-0.39, 0.29) is 45.1 Å². The predicted molar refractivity (Wildman–Crippen MR) is 179 cm³/mol. The van der Waals surface area contributed by atoms with Gasteiger partial charge >= 0.3 is 18.2 Å². The smallest absolute Gasteiger partial charge is 0.407 e. The highest BCUT2D eigenvalue weighted by molar-refractivity contribution is 6.30. The second kappa shape index (κ2) is 17.6. The molecule has 2 saturated heterocycles. The minimum atomic E-state index is -1.12. The Kier molecular flexibility index (Phi) is 13.0. The van der Waals surface area contributed by atoms with Crippen molar-refractivity contribution in [2.45, 2.75) is 95.0 Å². The SMILES string of the molecule is COC(=O)[C@H](C)NC(=O)CC[C@@H]1C[C@@H](OC(=O)NCc2cccc3c2OCO3)C[C@@]2(CCC[C@H](COC(=O)NCCc3ccc(Cl)cc3)O2)O1. The van der Waals surface area contributed by atoms with Crippen molar-refractivity contribution in [3.8, 4) is 11.5 Å². The number of rotatable bonds is 13. The van der Waals surface area contributed by atoms with Crippen LogP contribution in [0.1, 0.15) is 63.0 Å². The van der Waals surface area contributed by atoms with Gasteiger partial charge in [0.1, 0.15) is 18.8 Å². The second-order valence-corrected chi connectivity index (χ2v) is 12.9. The Morgan fingerprint density at radius 2 is 1.82 bits per heavy atom. The fourth-order valence-corrected chi connectivity index (χ4v) is 6.40. The molecule has 5 rings (SSSR count). The summed E-state index contributed by atoms with van der Waals surface area (Å²) in [4.78, 5) is 49.9. The van der Waals surface area contributed by atoms with Gasteiger partial charge in [-0.25, -0.2) is 14.4 Å². The van der Waals surface area contributed by atoms with E-state index in [0.717, 1.165) is 17.5 Å². The van der Waals surface area contributed by atoms with Gasteiger partial charge in [0.15, 0.2) is 17.3 Å². The largest absolute Gasteiger partial charge is 0.467 e. The molecule has 2 aromatic carbocycles. The Bertz CT molecular complexity index is 1490. The molecule has 1 spiro atoms. The summed E-state index contributed by atoms with van der Waals surface area (Å²) in [6.07, 6.45) is 0.695. The normalized spacial score (nSPS) is 23.0. The lowest BCUT2D eigenvalue weighted by molar-refractivity contribution is -0.329. The van der Waals surface area contributed by atoms with Gasteiger partial charge in [0.25, 0.3) is 0 Å². The number of benzene rings is 2. The van der Waals surface area contributed by atoms with Gasteiger partial charge in [-0.2, -0.15) is 0 Å². The van der Waals surface area contributed by atoms with Crippen molar-refractivity contribution in [2.24, 2.45) is 0 Å². The molecule has 0 saturated carbocycles.